The normalized spacial score (nSPS) is 28.7. The van der Waals surface area contributed by atoms with E-state index in [9.17, 15) is 4.79 Å². The number of carbonyl (C=O) groups is 1. The Balaban J connectivity index is 1.21. The van der Waals surface area contributed by atoms with Crippen molar-refractivity contribution >= 4 is 23.4 Å². The highest BCUT2D eigenvalue weighted by Gasteiger charge is 2.44. The Bertz CT molecular complexity index is 1060. The fraction of sp³-hybridized carbons (Fsp3) is 0.731. The van der Waals surface area contributed by atoms with E-state index in [2.05, 4.69) is 35.9 Å². The van der Waals surface area contributed by atoms with Gasteiger partial charge in [0.25, 0.3) is 0 Å². The summed E-state index contributed by atoms with van der Waals surface area (Å²) in [6.45, 7) is 9.11. The molecule has 196 valence electrons. The molecule has 0 radical (unpaired) electrons. The zero-order valence-electron chi connectivity index (χ0n) is 21.4. The number of rotatable bonds is 6. The number of aromatic nitrogens is 3. The second-order valence-electron chi connectivity index (χ2n) is 11.2. The predicted molar refractivity (Wildman–Crippen MR) is 137 cm³/mol. The number of amides is 1. The van der Waals surface area contributed by atoms with Crippen LogP contribution in [0, 0.1) is 11.8 Å². The third kappa shape index (κ3) is 4.72. The number of nitrogens with one attached hydrogen (secondary N) is 3. The van der Waals surface area contributed by atoms with Gasteiger partial charge in [-0.3, -0.25) is 0 Å². The fourth-order valence-corrected chi connectivity index (χ4v) is 6.34. The molecule has 10 heteroatoms. The molecule has 1 aliphatic carbocycles. The molecule has 4 aliphatic rings. The van der Waals surface area contributed by atoms with Crippen LogP contribution < -0.4 is 16.0 Å². The van der Waals surface area contributed by atoms with E-state index in [1.54, 1.807) is 0 Å². The van der Waals surface area contributed by atoms with E-state index in [0.29, 0.717) is 29.8 Å². The summed E-state index contributed by atoms with van der Waals surface area (Å²) in [6, 6.07) is 2.77. The number of nitrogens with zero attached hydrogens (tertiary/aromatic N) is 4. The third-order valence-corrected chi connectivity index (χ3v) is 8.38. The summed E-state index contributed by atoms with van der Waals surface area (Å²) in [5.74, 6) is 2.98. The van der Waals surface area contributed by atoms with Gasteiger partial charge in [-0.1, -0.05) is 13.8 Å². The minimum Gasteiger partial charge on any atom is -0.445 e. The number of anilines is 2. The van der Waals surface area contributed by atoms with Crippen LogP contribution in [0.3, 0.4) is 0 Å². The van der Waals surface area contributed by atoms with Crippen LogP contribution >= 0.6 is 0 Å². The van der Waals surface area contributed by atoms with Gasteiger partial charge in [0.2, 0.25) is 0 Å². The molecule has 0 spiro atoms. The van der Waals surface area contributed by atoms with Gasteiger partial charge < -0.3 is 30.3 Å². The summed E-state index contributed by atoms with van der Waals surface area (Å²) >= 11 is 0. The van der Waals surface area contributed by atoms with Gasteiger partial charge in [0.05, 0.1) is 6.20 Å². The Morgan fingerprint density at radius 1 is 1.14 bits per heavy atom. The Morgan fingerprint density at radius 3 is 2.61 bits per heavy atom. The average Bonchev–Trinajstić information content (AvgIpc) is 3.58. The lowest BCUT2D eigenvalue weighted by molar-refractivity contribution is 0.0531. The molecular formula is C26H39N7O3. The van der Waals surface area contributed by atoms with E-state index in [1.165, 1.54) is 0 Å². The molecule has 2 bridgehead atoms. The van der Waals surface area contributed by atoms with E-state index in [4.69, 9.17) is 19.6 Å². The molecule has 3 unspecified atom stereocenters. The SMILES string of the molecule is CC(C)c1cnn2c(NC3C4CCC3CN(C(=O)OC3CCNC3)C4)cc(NC3CCOCC3)nc12. The van der Waals surface area contributed by atoms with Gasteiger partial charge in [-0.05, 0) is 56.4 Å². The molecule has 10 nitrogen and oxygen atoms in total. The molecule has 6 rings (SSSR count). The van der Waals surface area contributed by atoms with Crippen molar-refractivity contribution in [1.29, 1.82) is 0 Å². The number of fused-ring (bicyclic) bond motifs is 3. The van der Waals surface area contributed by atoms with Gasteiger partial charge in [0.15, 0.2) is 5.65 Å². The first-order valence-corrected chi connectivity index (χ1v) is 13.7. The van der Waals surface area contributed by atoms with Gasteiger partial charge in [-0.25, -0.2) is 9.78 Å². The van der Waals surface area contributed by atoms with Crippen molar-refractivity contribution < 1.29 is 14.3 Å². The molecule has 2 aromatic rings. The van der Waals surface area contributed by atoms with Crippen LogP contribution in [0.5, 0.6) is 0 Å². The molecular weight excluding hydrogens is 458 g/mol. The quantitative estimate of drug-likeness (QED) is 0.559. The topological polar surface area (TPSA) is 105 Å². The van der Waals surface area contributed by atoms with Gasteiger partial charge in [-0.15, -0.1) is 0 Å². The van der Waals surface area contributed by atoms with Gasteiger partial charge >= 0.3 is 6.09 Å². The lowest BCUT2D eigenvalue weighted by atomic mass is 9.92. The summed E-state index contributed by atoms with van der Waals surface area (Å²) in [4.78, 5) is 19.7. The summed E-state index contributed by atoms with van der Waals surface area (Å²) < 4.78 is 13.3. The van der Waals surface area contributed by atoms with Crippen LogP contribution in [-0.4, -0.2) is 83.2 Å². The maximum absolute atomic E-state index is 12.8. The van der Waals surface area contributed by atoms with Crippen LogP contribution in [-0.2, 0) is 9.47 Å². The minimum absolute atomic E-state index is 0.00715. The zero-order chi connectivity index (χ0) is 24.6. The van der Waals surface area contributed by atoms with Crippen molar-refractivity contribution in [3.8, 4) is 0 Å². The highest BCUT2D eigenvalue weighted by molar-refractivity contribution is 5.68. The summed E-state index contributed by atoms with van der Waals surface area (Å²) in [5, 5.41) is 15.5. The molecule has 2 aromatic heterocycles. The molecule has 4 fully saturated rings. The van der Waals surface area contributed by atoms with Crippen molar-refractivity contribution in [2.24, 2.45) is 11.8 Å². The lowest BCUT2D eigenvalue weighted by Gasteiger charge is -2.38. The maximum Gasteiger partial charge on any atom is 0.410 e. The van der Waals surface area contributed by atoms with E-state index in [-0.39, 0.29) is 12.2 Å². The number of piperidine rings is 1. The largest absolute Gasteiger partial charge is 0.445 e. The highest BCUT2D eigenvalue weighted by Crippen LogP contribution is 2.39. The standard InChI is InChI=1S/C26H39N7O3/c1-16(2)21-13-28-33-23(11-22(30-25(21)33)29-19-6-9-35-10-7-19)31-24-17-3-4-18(24)15-32(14-17)26(34)36-20-5-8-27-12-20/h11,13,16-20,24,27,31H,3-10,12,14-15H2,1-2H3,(H,29,30). The van der Waals surface area contributed by atoms with Gasteiger partial charge in [0.1, 0.15) is 17.7 Å². The zero-order valence-corrected chi connectivity index (χ0v) is 21.4. The Hall–Kier alpha value is -2.59. The first-order chi connectivity index (χ1) is 17.5. The second kappa shape index (κ2) is 10.0. The summed E-state index contributed by atoms with van der Waals surface area (Å²) in [6.07, 6.45) is 6.92. The maximum atomic E-state index is 12.8. The number of hydrogen-bond donors (Lipinski definition) is 3. The minimum atomic E-state index is -0.151. The Labute approximate surface area is 212 Å². The van der Waals surface area contributed by atoms with Gasteiger partial charge in [-0.2, -0.15) is 9.61 Å². The molecule has 3 atom stereocenters. The molecule has 3 aliphatic heterocycles. The smallest absolute Gasteiger partial charge is 0.410 e. The van der Waals surface area contributed by atoms with Crippen molar-refractivity contribution in [2.75, 3.05) is 50.0 Å². The average molecular weight is 498 g/mol. The Morgan fingerprint density at radius 2 is 1.92 bits per heavy atom. The van der Waals surface area contributed by atoms with Crippen LogP contribution in [0.15, 0.2) is 12.3 Å². The first kappa shape index (κ1) is 23.8. The molecule has 1 amide bonds. The second-order valence-corrected chi connectivity index (χ2v) is 11.2. The predicted octanol–water partition coefficient (Wildman–Crippen LogP) is 3.06. The lowest BCUT2D eigenvalue weighted by Crippen LogP contribution is -2.51. The van der Waals surface area contributed by atoms with E-state index in [1.807, 2.05) is 15.6 Å². The number of hydrogen-bond acceptors (Lipinski definition) is 8. The van der Waals surface area contributed by atoms with Crippen molar-refractivity contribution in [1.82, 2.24) is 24.8 Å². The fourth-order valence-electron chi connectivity index (χ4n) is 6.34. The molecule has 0 aromatic carbocycles. The van der Waals surface area contributed by atoms with Crippen LogP contribution in [0.25, 0.3) is 5.65 Å². The third-order valence-electron chi connectivity index (χ3n) is 8.38. The number of ether oxygens (including phenoxy) is 2. The monoisotopic (exact) mass is 497 g/mol. The van der Waals surface area contributed by atoms with Crippen LogP contribution in [0.1, 0.15) is 57.4 Å². The van der Waals surface area contributed by atoms with E-state index >= 15 is 0 Å². The van der Waals surface area contributed by atoms with E-state index in [0.717, 1.165) is 94.3 Å². The van der Waals surface area contributed by atoms with Crippen molar-refractivity contribution in [2.45, 2.75) is 70.1 Å². The first-order valence-electron chi connectivity index (χ1n) is 13.7. The van der Waals surface area contributed by atoms with Crippen molar-refractivity contribution in [3.05, 3.63) is 17.8 Å². The van der Waals surface area contributed by atoms with E-state index < -0.39 is 0 Å². The molecule has 3 N–H and O–H groups in total. The number of likely N-dealkylation sites (tertiary alicyclic amines) is 1. The van der Waals surface area contributed by atoms with Crippen LogP contribution in [0.2, 0.25) is 0 Å². The van der Waals surface area contributed by atoms with Gasteiger partial charge in [0, 0.05) is 56.6 Å². The molecule has 3 saturated heterocycles. The Kier molecular flexibility index (Phi) is 6.64. The van der Waals surface area contributed by atoms with Crippen LogP contribution in [0.4, 0.5) is 16.4 Å². The van der Waals surface area contributed by atoms with Crippen molar-refractivity contribution in [3.63, 3.8) is 0 Å². The molecule has 36 heavy (non-hydrogen) atoms. The summed E-state index contributed by atoms with van der Waals surface area (Å²) in [5.41, 5.74) is 2.05. The molecule has 5 heterocycles. The highest BCUT2D eigenvalue weighted by atomic mass is 16.6. The molecule has 1 saturated carbocycles. The number of carbonyl (C=O) groups excluding carboxylic acids is 1. The summed E-state index contributed by atoms with van der Waals surface area (Å²) in [7, 11) is 0.